The van der Waals surface area contributed by atoms with E-state index in [0.29, 0.717) is 18.0 Å². The van der Waals surface area contributed by atoms with Gasteiger partial charge in [-0.05, 0) is 43.5 Å². The summed E-state index contributed by atoms with van der Waals surface area (Å²) in [6.07, 6.45) is 1.90. The van der Waals surface area contributed by atoms with E-state index in [0.717, 1.165) is 17.7 Å². The van der Waals surface area contributed by atoms with Gasteiger partial charge in [0.1, 0.15) is 0 Å². The molecule has 0 saturated heterocycles. The van der Waals surface area contributed by atoms with Crippen LogP contribution in [0.1, 0.15) is 18.9 Å². The number of methoxy groups -OCH3 is 2. The van der Waals surface area contributed by atoms with Crippen LogP contribution in [0.3, 0.4) is 0 Å². The Bertz CT molecular complexity index is 676. The number of nitrogens with one attached hydrogen (secondary N) is 1. The summed E-state index contributed by atoms with van der Waals surface area (Å²) in [5.74, 6) is 1.40. The molecule has 0 fully saturated rings. The average molecular weight is 359 g/mol. The van der Waals surface area contributed by atoms with Crippen molar-refractivity contribution in [3.05, 3.63) is 54.1 Å². The van der Waals surface area contributed by atoms with Crippen molar-refractivity contribution in [2.45, 2.75) is 29.9 Å². The topological polar surface area (TPSA) is 47.6 Å². The summed E-state index contributed by atoms with van der Waals surface area (Å²) < 4.78 is 10.5. The van der Waals surface area contributed by atoms with Crippen LogP contribution in [0.15, 0.2) is 53.4 Å². The van der Waals surface area contributed by atoms with Crippen LogP contribution in [-0.2, 0) is 11.2 Å². The molecule has 0 heterocycles. The van der Waals surface area contributed by atoms with Crippen LogP contribution < -0.4 is 14.8 Å². The van der Waals surface area contributed by atoms with E-state index in [9.17, 15) is 4.79 Å². The maximum atomic E-state index is 12.2. The minimum atomic E-state index is -0.171. The second kappa shape index (κ2) is 9.99. The number of benzene rings is 2. The van der Waals surface area contributed by atoms with Gasteiger partial charge in [-0.15, -0.1) is 11.8 Å². The molecule has 1 amide bonds. The summed E-state index contributed by atoms with van der Waals surface area (Å²) >= 11 is 1.51. The zero-order valence-electron chi connectivity index (χ0n) is 15.0. The van der Waals surface area contributed by atoms with E-state index in [4.69, 9.17) is 9.47 Å². The molecule has 1 unspecified atom stereocenters. The molecule has 0 aliphatic heterocycles. The molecule has 0 saturated carbocycles. The molecule has 0 radical (unpaired) electrons. The Kier molecular flexibility index (Phi) is 7.67. The molecule has 1 atom stereocenters. The molecular weight excluding hydrogens is 334 g/mol. The standard InChI is InChI=1S/C20H25NO3S/c1-15(25-17-11-12-18(23-2)19(14-17)24-3)20(22)21-13-7-10-16-8-5-4-6-9-16/h4-6,8-9,11-12,14-15H,7,10,13H2,1-3H3,(H,21,22). The third-order valence-electron chi connectivity index (χ3n) is 3.82. The van der Waals surface area contributed by atoms with Crippen molar-refractivity contribution in [2.24, 2.45) is 0 Å². The fourth-order valence-corrected chi connectivity index (χ4v) is 3.36. The normalized spacial score (nSPS) is 11.6. The lowest BCUT2D eigenvalue weighted by molar-refractivity contribution is -0.120. The van der Waals surface area contributed by atoms with Crippen molar-refractivity contribution in [1.82, 2.24) is 5.32 Å². The van der Waals surface area contributed by atoms with Gasteiger partial charge >= 0.3 is 0 Å². The van der Waals surface area contributed by atoms with Crippen LogP contribution in [0.2, 0.25) is 0 Å². The summed E-state index contributed by atoms with van der Waals surface area (Å²) in [7, 11) is 3.21. The predicted molar refractivity (Wildman–Crippen MR) is 103 cm³/mol. The van der Waals surface area contributed by atoms with Crippen molar-refractivity contribution in [3.8, 4) is 11.5 Å². The number of hydrogen-bond donors (Lipinski definition) is 1. The second-order valence-electron chi connectivity index (χ2n) is 5.66. The summed E-state index contributed by atoms with van der Waals surface area (Å²) in [5, 5.41) is 2.84. The fourth-order valence-electron chi connectivity index (χ4n) is 2.44. The lowest BCUT2D eigenvalue weighted by atomic mass is 10.1. The molecule has 2 aromatic carbocycles. The van der Waals surface area contributed by atoms with Gasteiger partial charge in [0.25, 0.3) is 0 Å². The van der Waals surface area contributed by atoms with Gasteiger partial charge in [-0.2, -0.15) is 0 Å². The Labute approximate surface area is 153 Å². The largest absolute Gasteiger partial charge is 0.493 e. The van der Waals surface area contributed by atoms with Crippen LogP contribution in [-0.4, -0.2) is 31.9 Å². The number of carbonyl (C=O) groups is 1. The molecule has 25 heavy (non-hydrogen) atoms. The van der Waals surface area contributed by atoms with Gasteiger partial charge < -0.3 is 14.8 Å². The van der Waals surface area contributed by atoms with E-state index in [1.54, 1.807) is 14.2 Å². The van der Waals surface area contributed by atoms with Crippen molar-refractivity contribution >= 4 is 17.7 Å². The minimum absolute atomic E-state index is 0.0489. The molecule has 0 aliphatic carbocycles. The second-order valence-corrected chi connectivity index (χ2v) is 7.07. The predicted octanol–water partition coefficient (Wildman–Crippen LogP) is 3.93. The smallest absolute Gasteiger partial charge is 0.233 e. The molecule has 5 heteroatoms. The van der Waals surface area contributed by atoms with Gasteiger partial charge in [0, 0.05) is 11.4 Å². The monoisotopic (exact) mass is 359 g/mol. The fraction of sp³-hybridized carbons (Fsp3) is 0.350. The lowest BCUT2D eigenvalue weighted by Crippen LogP contribution is -2.31. The van der Waals surface area contributed by atoms with E-state index in [-0.39, 0.29) is 11.2 Å². The van der Waals surface area contributed by atoms with Crippen molar-refractivity contribution in [1.29, 1.82) is 0 Å². The van der Waals surface area contributed by atoms with Crippen LogP contribution in [0, 0.1) is 0 Å². The van der Waals surface area contributed by atoms with Crippen molar-refractivity contribution < 1.29 is 14.3 Å². The van der Waals surface area contributed by atoms with Crippen molar-refractivity contribution in [2.75, 3.05) is 20.8 Å². The summed E-state index contributed by atoms with van der Waals surface area (Å²) in [6, 6.07) is 16.0. The first-order chi connectivity index (χ1) is 12.1. The summed E-state index contributed by atoms with van der Waals surface area (Å²) in [5.41, 5.74) is 1.30. The Morgan fingerprint density at radius 3 is 2.48 bits per heavy atom. The number of carbonyl (C=O) groups excluding carboxylic acids is 1. The molecular formula is C20H25NO3S. The number of aryl methyl sites for hydroxylation is 1. The molecule has 134 valence electrons. The highest BCUT2D eigenvalue weighted by Crippen LogP contribution is 2.33. The van der Waals surface area contributed by atoms with E-state index in [1.807, 2.05) is 43.3 Å². The first kappa shape index (κ1) is 19.2. The first-order valence-corrected chi connectivity index (χ1v) is 9.22. The van der Waals surface area contributed by atoms with E-state index in [2.05, 4.69) is 17.4 Å². The van der Waals surface area contributed by atoms with Gasteiger partial charge in [-0.3, -0.25) is 4.79 Å². The molecule has 0 spiro atoms. The third-order valence-corrected chi connectivity index (χ3v) is 4.92. The average Bonchev–Trinajstić information content (AvgIpc) is 2.65. The van der Waals surface area contributed by atoms with E-state index < -0.39 is 0 Å². The molecule has 2 aromatic rings. The van der Waals surface area contributed by atoms with Gasteiger partial charge in [0.05, 0.1) is 19.5 Å². The Morgan fingerprint density at radius 2 is 1.80 bits per heavy atom. The highest BCUT2D eigenvalue weighted by atomic mass is 32.2. The SMILES string of the molecule is COc1ccc(SC(C)C(=O)NCCCc2ccccc2)cc1OC. The Hall–Kier alpha value is -2.14. The van der Waals surface area contributed by atoms with Gasteiger partial charge in [0.2, 0.25) is 5.91 Å². The summed E-state index contributed by atoms with van der Waals surface area (Å²) in [6.45, 7) is 2.60. The maximum absolute atomic E-state index is 12.2. The molecule has 0 bridgehead atoms. The number of ether oxygens (including phenoxy) is 2. The van der Waals surface area contributed by atoms with Crippen LogP contribution in [0.5, 0.6) is 11.5 Å². The van der Waals surface area contributed by atoms with Crippen LogP contribution in [0.4, 0.5) is 0 Å². The number of hydrogen-bond acceptors (Lipinski definition) is 4. The molecule has 0 aliphatic rings. The molecule has 4 nitrogen and oxygen atoms in total. The molecule has 0 aromatic heterocycles. The summed E-state index contributed by atoms with van der Waals surface area (Å²) in [4.78, 5) is 13.2. The third kappa shape index (κ3) is 6.02. The Balaban J connectivity index is 1.78. The maximum Gasteiger partial charge on any atom is 0.233 e. The highest BCUT2D eigenvalue weighted by Gasteiger charge is 2.15. The molecule has 1 N–H and O–H groups in total. The Morgan fingerprint density at radius 1 is 1.08 bits per heavy atom. The zero-order chi connectivity index (χ0) is 18.1. The van der Waals surface area contributed by atoms with Crippen LogP contribution >= 0.6 is 11.8 Å². The quantitative estimate of drug-likeness (QED) is 0.544. The first-order valence-electron chi connectivity index (χ1n) is 8.34. The lowest BCUT2D eigenvalue weighted by Gasteiger charge is -2.14. The minimum Gasteiger partial charge on any atom is -0.493 e. The van der Waals surface area contributed by atoms with Gasteiger partial charge in [-0.25, -0.2) is 0 Å². The number of thioether (sulfide) groups is 1. The molecule has 2 rings (SSSR count). The van der Waals surface area contributed by atoms with Gasteiger partial charge in [-0.1, -0.05) is 30.3 Å². The highest BCUT2D eigenvalue weighted by molar-refractivity contribution is 8.00. The van der Waals surface area contributed by atoms with E-state index in [1.165, 1.54) is 17.3 Å². The zero-order valence-corrected chi connectivity index (χ0v) is 15.8. The van der Waals surface area contributed by atoms with Crippen LogP contribution in [0.25, 0.3) is 0 Å². The van der Waals surface area contributed by atoms with E-state index >= 15 is 0 Å². The number of amides is 1. The van der Waals surface area contributed by atoms with Gasteiger partial charge in [0.15, 0.2) is 11.5 Å². The van der Waals surface area contributed by atoms with Crippen molar-refractivity contribution in [3.63, 3.8) is 0 Å². The number of rotatable bonds is 9.